The first-order chi connectivity index (χ1) is 13.4. The molecular weight excluding hydrogens is 375 g/mol. The van der Waals surface area contributed by atoms with Crippen LogP contribution in [-0.4, -0.2) is 32.6 Å². The minimum Gasteiger partial charge on any atom is -0.491 e. The quantitative estimate of drug-likeness (QED) is 0.386. The molecule has 0 saturated carbocycles. The third kappa shape index (κ3) is 8.17. The number of aliphatic imine (C=N–C) groups is 1. The summed E-state index contributed by atoms with van der Waals surface area (Å²) in [6.07, 6.45) is -4.71. The number of ether oxygens (including phenoxy) is 3. The maximum Gasteiger partial charge on any atom is 0.573 e. The molecule has 2 aromatic rings. The molecule has 0 aliphatic heterocycles. The van der Waals surface area contributed by atoms with E-state index in [-0.39, 0.29) is 11.7 Å². The van der Waals surface area contributed by atoms with Crippen LogP contribution in [0, 0.1) is 0 Å². The van der Waals surface area contributed by atoms with Crippen LogP contribution in [0.1, 0.15) is 11.1 Å². The van der Waals surface area contributed by atoms with Gasteiger partial charge in [0, 0.05) is 13.7 Å². The lowest BCUT2D eigenvalue weighted by atomic mass is 10.2. The number of rotatable bonds is 9. The highest BCUT2D eigenvalue weighted by atomic mass is 19.4. The van der Waals surface area contributed by atoms with Gasteiger partial charge in [-0.15, -0.1) is 13.2 Å². The topological polar surface area (TPSA) is 78.1 Å². The summed E-state index contributed by atoms with van der Waals surface area (Å²) in [5.74, 6) is 0.671. The number of nitrogens with two attached hydrogens (primary N) is 1. The van der Waals surface area contributed by atoms with Gasteiger partial charge in [-0.3, -0.25) is 0 Å². The second-order valence-electron chi connectivity index (χ2n) is 5.74. The number of methoxy groups -OCH3 is 1. The fraction of sp³-hybridized carbons (Fsp3) is 0.316. The highest BCUT2D eigenvalue weighted by Crippen LogP contribution is 2.22. The van der Waals surface area contributed by atoms with Crippen LogP contribution in [0.2, 0.25) is 0 Å². The predicted molar refractivity (Wildman–Crippen MR) is 99.1 cm³/mol. The summed E-state index contributed by atoms with van der Waals surface area (Å²) in [6.45, 7) is 1.64. The standard InChI is InChI=1S/C19H22F3N3O3/c1-26-9-10-27-17-4-2-3-15(11-17)13-25-18(23)24-12-14-5-7-16(8-6-14)28-19(20,21)22/h2-8,11H,9-10,12-13H2,1H3,(H3,23,24,25). The molecule has 9 heteroatoms. The Kier molecular flexibility index (Phi) is 7.94. The van der Waals surface area contributed by atoms with Gasteiger partial charge in [-0.2, -0.15) is 0 Å². The zero-order valence-corrected chi connectivity index (χ0v) is 15.3. The minimum atomic E-state index is -4.71. The normalized spacial score (nSPS) is 11.9. The van der Waals surface area contributed by atoms with Crippen molar-refractivity contribution >= 4 is 5.96 Å². The van der Waals surface area contributed by atoms with Gasteiger partial charge < -0.3 is 25.3 Å². The molecule has 6 nitrogen and oxygen atoms in total. The first kappa shape index (κ1) is 21.4. The van der Waals surface area contributed by atoms with Crippen molar-refractivity contribution in [3.05, 3.63) is 59.7 Å². The second-order valence-corrected chi connectivity index (χ2v) is 5.74. The van der Waals surface area contributed by atoms with Crippen molar-refractivity contribution in [2.24, 2.45) is 10.7 Å². The van der Waals surface area contributed by atoms with E-state index < -0.39 is 6.36 Å². The molecule has 0 fully saturated rings. The fourth-order valence-corrected chi connectivity index (χ4v) is 2.21. The van der Waals surface area contributed by atoms with E-state index in [9.17, 15) is 13.2 Å². The monoisotopic (exact) mass is 397 g/mol. The van der Waals surface area contributed by atoms with E-state index in [0.29, 0.717) is 26.3 Å². The number of nitrogens with zero attached hydrogens (tertiary/aromatic N) is 1. The van der Waals surface area contributed by atoms with Gasteiger partial charge in [-0.25, -0.2) is 4.99 Å². The van der Waals surface area contributed by atoms with Gasteiger partial charge in [0.2, 0.25) is 0 Å². The van der Waals surface area contributed by atoms with Gasteiger partial charge in [0.15, 0.2) is 5.96 Å². The Morgan fingerprint density at radius 3 is 2.46 bits per heavy atom. The van der Waals surface area contributed by atoms with E-state index in [2.05, 4.69) is 15.0 Å². The first-order valence-electron chi connectivity index (χ1n) is 8.45. The Morgan fingerprint density at radius 2 is 1.79 bits per heavy atom. The molecule has 0 spiro atoms. The van der Waals surface area contributed by atoms with E-state index in [1.54, 1.807) is 7.11 Å². The molecule has 0 atom stereocenters. The van der Waals surface area contributed by atoms with Crippen LogP contribution in [-0.2, 0) is 17.8 Å². The molecule has 2 rings (SSSR count). The molecule has 2 aromatic carbocycles. The SMILES string of the molecule is COCCOc1cccc(CN=C(N)NCc2ccc(OC(F)(F)F)cc2)c1. The average molecular weight is 397 g/mol. The smallest absolute Gasteiger partial charge is 0.491 e. The van der Waals surface area contributed by atoms with E-state index >= 15 is 0 Å². The zero-order valence-electron chi connectivity index (χ0n) is 15.3. The van der Waals surface area contributed by atoms with Crippen LogP contribution in [0.15, 0.2) is 53.5 Å². The zero-order chi connectivity index (χ0) is 20.4. The third-order valence-corrected chi connectivity index (χ3v) is 3.52. The van der Waals surface area contributed by atoms with Crippen LogP contribution < -0.4 is 20.5 Å². The van der Waals surface area contributed by atoms with Crippen molar-refractivity contribution in [3.63, 3.8) is 0 Å². The van der Waals surface area contributed by atoms with Crippen molar-refractivity contribution < 1.29 is 27.4 Å². The highest BCUT2D eigenvalue weighted by Gasteiger charge is 2.30. The van der Waals surface area contributed by atoms with Gasteiger partial charge in [-0.1, -0.05) is 24.3 Å². The molecule has 0 aliphatic carbocycles. The predicted octanol–water partition coefficient (Wildman–Crippen LogP) is 3.21. The first-order valence-corrected chi connectivity index (χ1v) is 8.45. The van der Waals surface area contributed by atoms with Crippen LogP contribution in [0.4, 0.5) is 13.2 Å². The van der Waals surface area contributed by atoms with E-state index in [1.165, 1.54) is 24.3 Å². The van der Waals surface area contributed by atoms with E-state index in [0.717, 1.165) is 16.9 Å². The Bertz CT molecular complexity index is 765. The lowest BCUT2D eigenvalue weighted by Gasteiger charge is -2.10. The summed E-state index contributed by atoms with van der Waals surface area (Å²) in [5.41, 5.74) is 7.50. The Labute approximate surface area is 161 Å². The summed E-state index contributed by atoms with van der Waals surface area (Å²) >= 11 is 0. The van der Waals surface area contributed by atoms with Crippen LogP contribution >= 0.6 is 0 Å². The van der Waals surface area contributed by atoms with Crippen molar-refractivity contribution in [1.29, 1.82) is 0 Å². The summed E-state index contributed by atoms with van der Waals surface area (Å²) in [6, 6.07) is 13.0. The van der Waals surface area contributed by atoms with Crippen molar-refractivity contribution in [3.8, 4) is 11.5 Å². The van der Waals surface area contributed by atoms with Gasteiger partial charge in [0.05, 0.1) is 13.2 Å². The number of benzene rings is 2. The molecule has 0 saturated heterocycles. The van der Waals surface area contributed by atoms with Crippen LogP contribution in [0.3, 0.4) is 0 Å². The molecule has 0 unspecified atom stereocenters. The molecule has 0 heterocycles. The summed E-state index contributed by atoms with van der Waals surface area (Å²) in [4.78, 5) is 4.24. The molecule has 0 bridgehead atoms. The van der Waals surface area contributed by atoms with Gasteiger partial charge in [0.25, 0.3) is 0 Å². The third-order valence-electron chi connectivity index (χ3n) is 3.52. The molecule has 0 amide bonds. The fourth-order valence-electron chi connectivity index (χ4n) is 2.21. The largest absolute Gasteiger partial charge is 0.573 e. The lowest BCUT2D eigenvalue weighted by molar-refractivity contribution is -0.274. The van der Waals surface area contributed by atoms with Crippen molar-refractivity contribution in [2.45, 2.75) is 19.5 Å². The number of halogens is 3. The number of hydrogen-bond donors (Lipinski definition) is 2. The summed E-state index contributed by atoms with van der Waals surface area (Å²) in [5, 5.41) is 2.91. The summed E-state index contributed by atoms with van der Waals surface area (Å²) in [7, 11) is 1.61. The molecule has 3 N–H and O–H groups in total. The van der Waals surface area contributed by atoms with Crippen LogP contribution in [0.25, 0.3) is 0 Å². The Hall–Kier alpha value is -2.94. The van der Waals surface area contributed by atoms with E-state index in [4.69, 9.17) is 15.2 Å². The average Bonchev–Trinajstić information content (AvgIpc) is 2.65. The van der Waals surface area contributed by atoms with Gasteiger partial charge in [-0.05, 0) is 35.4 Å². The molecule has 0 aromatic heterocycles. The Morgan fingerprint density at radius 1 is 1.04 bits per heavy atom. The molecular formula is C19H22F3N3O3. The van der Waals surface area contributed by atoms with Gasteiger partial charge in [0.1, 0.15) is 18.1 Å². The van der Waals surface area contributed by atoms with Crippen molar-refractivity contribution in [2.75, 3.05) is 20.3 Å². The maximum absolute atomic E-state index is 12.1. The van der Waals surface area contributed by atoms with Crippen LogP contribution in [0.5, 0.6) is 11.5 Å². The molecule has 28 heavy (non-hydrogen) atoms. The van der Waals surface area contributed by atoms with E-state index in [1.807, 2.05) is 24.3 Å². The molecule has 152 valence electrons. The highest BCUT2D eigenvalue weighted by molar-refractivity contribution is 5.77. The van der Waals surface area contributed by atoms with Gasteiger partial charge >= 0.3 is 6.36 Å². The number of guanidine groups is 1. The number of alkyl halides is 3. The maximum atomic E-state index is 12.1. The molecule has 0 radical (unpaired) electrons. The second kappa shape index (κ2) is 10.4. The number of hydrogen-bond acceptors (Lipinski definition) is 4. The lowest BCUT2D eigenvalue weighted by Crippen LogP contribution is -2.31. The van der Waals surface area contributed by atoms with Crippen molar-refractivity contribution in [1.82, 2.24) is 5.32 Å². The Balaban J connectivity index is 1.82. The summed E-state index contributed by atoms with van der Waals surface area (Å²) < 4.78 is 50.7. The minimum absolute atomic E-state index is 0.223. The molecule has 0 aliphatic rings. The number of nitrogens with one attached hydrogen (secondary N) is 1.